The summed E-state index contributed by atoms with van der Waals surface area (Å²) >= 11 is 0. The molecule has 15 heteroatoms. The van der Waals surface area contributed by atoms with Crippen molar-refractivity contribution >= 4 is 28.4 Å². The molecule has 3 aromatic heterocycles. The molecule has 10 nitrogen and oxygen atoms in total. The molecule has 47 heavy (non-hydrogen) atoms. The Kier molecular flexibility index (Phi) is 8.77. The van der Waals surface area contributed by atoms with E-state index in [0.717, 1.165) is 16.7 Å². The van der Waals surface area contributed by atoms with Crippen LogP contribution in [0.25, 0.3) is 28.0 Å². The average Bonchev–Trinajstić information content (AvgIpc) is 2.99. The van der Waals surface area contributed by atoms with Crippen molar-refractivity contribution in [3.05, 3.63) is 76.3 Å². The van der Waals surface area contributed by atoms with Crippen molar-refractivity contribution < 1.29 is 26.7 Å². The predicted molar refractivity (Wildman–Crippen MR) is 167 cm³/mol. The molecular weight excluding hydrogens is 623 g/mol. The summed E-state index contributed by atoms with van der Waals surface area (Å²) in [6.45, 7) is 12.4. The van der Waals surface area contributed by atoms with E-state index in [1.54, 1.807) is 44.4 Å². The van der Waals surface area contributed by atoms with E-state index >= 15 is 8.78 Å². The van der Waals surface area contributed by atoms with E-state index in [1.807, 2.05) is 0 Å². The molecule has 2 N–H and O–H groups in total. The number of hydrogen-bond donors (Lipinski definition) is 1. The van der Waals surface area contributed by atoms with Crippen LogP contribution in [-0.4, -0.2) is 61.0 Å². The Labute approximate surface area is 266 Å². The molecule has 1 aliphatic rings. The summed E-state index contributed by atoms with van der Waals surface area (Å²) in [4.78, 5) is 46.2. The molecule has 0 unspecified atom stereocenters. The van der Waals surface area contributed by atoms with E-state index in [4.69, 9.17) is 5.73 Å². The van der Waals surface area contributed by atoms with Gasteiger partial charge in [0.2, 0.25) is 11.7 Å². The zero-order valence-corrected chi connectivity index (χ0v) is 26.4. The molecule has 0 radical (unpaired) electrons. The number of carbonyl (C=O) groups excluding carboxylic acids is 1. The van der Waals surface area contributed by atoms with Crippen molar-refractivity contribution in [1.82, 2.24) is 29.4 Å². The maximum Gasteiger partial charge on any atom is 0.451 e. The number of anilines is 2. The molecule has 0 spiro atoms. The average molecular weight is 657 g/mol. The van der Waals surface area contributed by atoms with Gasteiger partial charge in [0, 0.05) is 31.4 Å². The van der Waals surface area contributed by atoms with Crippen molar-refractivity contribution in [2.24, 2.45) is 0 Å². The highest BCUT2D eigenvalue weighted by molar-refractivity contribution is 5.92. The van der Waals surface area contributed by atoms with Crippen LogP contribution in [-0.2, 0) is 11.0 Å². The molecule has 1 amide bonds. The number of nitrogens with two attached hydrogens (primary N) is 1. The van der Waals surface area contributed by atoms with Gasteiger partial charge in [-0.25, -0.2) is 33.1 Å². The van der Waals surface area contributed by atoms with Crippen molar-refractivity contribution in [3.8, 4) is 16.9 Å². The molecule has 1 fully saturated rings. The molecule has 0 bridgehead atoms. The number of rotatable bonds is 6. The standard InChI is InChI=1S/C32H33F5N8O2/c1-7-22(46)43-11-12-44(17(6)14-43)28-18-13-20(34)26(23-19(33)9-8-10-21(23)38)39-29(18)45(31(47)42-28)27-24(15(2)3)40-30(32(35,36)37)41-25(27)16(4)5/h7-10,13,15-17H,1,11-12,14,38H2,2-6H3/t17-/m0/s1. The van der Waals surface area contributed by atoms with Crippen molar-refractivity contribution in [3.63, 3.8) is 0 Å². The zero-order chi connectivity index (χ0) is 34.5. The zero-order valence-electron chi connectivity index (χ0n) is 26.4. The van der Waals surface area contributed by atoms with Gasteiger partial charge in [-0.1, -0.05) is 40.3 Å². The third-order valence-corrected chi connectivity index (χ3v) is 7.98. The molecule has 1 aliphatic heterocycles. The van der Waals surface area contributed by atoms with E-state index in [0.29, 0.717) is 0 Å². The van der Waals surface area contributed by atoms with Gasteiger partial charge < -0.3 is 15.5 Å². The highest BCUT2D eigenvalue weighted by Crippen LogP contribution is 2.38. The van der Waals surface area contributed by atoms with Gasteiger partial charge in [0.15, 0.2) is 11.5 Å². The number of nitrogens with zero attached hydrogens (tertiary/aromatic N) is 7. The lowest BCUT2D eigenvalue weighted by Crippen LogP contribution is -2.54. The van der Waals surface area contributed by atoms with Gasteiger partial charge in [-0.15, -0.1) is 0 Å². The monoisotopic (exact) mass is 656 g/mol. The Bertz CT molecular complexity index is 1910. The fraction of sp³-hybridized carbons (Fsp3) is 0.375. The number of hydrogen-bond acceptors (Lipinski definition) is 8. The van der Waals surface area contributed by atoms with E-state index in [2.05, 4.69) is 26.5 Å². The summed E-state index contributed by atoms with van der Waals surface area (Å²) in [5.41, 5.74) is 3.56. The molecule has 1 atom stereocenters. The number of halogens is 5. The lowest BCUT2D eigenvalue weighted by atomic mass is 10.0. The molecule has 1 aromatic carbocycles. The predicted octanol–water partition coefficient (Wildman–Crippen LogP) is 5.59. The van der Waals surface area contributed by atoms with Crippen LogP contribution in [0.5, 0.6) is 0 Å². The van der Waals surface area contributed by atoms with Gasteiger partial charge in [0.1, 0.15) is 17.3 Å². The van der Waals surface area contributed by atoms with Crippen LogP contribution in [0.15, 0.2) is 41.7 Å². The molecular formula is C32H33F5N8O2. The minimum atomic E-state index is -4.89. The number of fused-ring (bicyclic) bond motifs is 1. The van der Waals surface area contributed by atoms with Gasteiger partial charge in [0.25, 0.3) is 0 Å². The summed E-state index contributed by atoms with van der Waals surface area (Å²) in [7, 11) is 0. The number of benzene rings is 1. The smallest absolute Gasteiger partial charge is 0.398 e. The minimum absolute atomic E-state index is 0.0143. The summed E-state index contributed by atoms with van der Waals surface area (Å²) in [5.74, 6) is -4.78. The quantitative estimate of drug-likeness (QED) is 0.162. The molecule has 1 saturated heterocycles. The lowest BCUT2D eigenvalue weighted by molar-refractivity contribution is -0.145. The third-order valence-electron chi connectivity index (χ3n) is 7.98. The van der Waals surface area contributed by atoms with Crippen LogP contribution in [0.4, 0.5) is 33.5 Å². The van der Waals surface area contributed by atoms with Gasteiger partial charge >= 0.3 is 11.9 Å². The molecule has 5 rings (SSSR count). The first kappa shape index (κ1) is 33.4. The number of carbonyl (C=O) groups is 1. The molecule has 248 valence electrons. The SMILES string of the molecule is C=CC(=O)N1CCN(c2nc(=O)n(-c3c(C(C)C)nc(C(F)(F)F)nc3C(C)C)c3nc(-c4c(N)cccc4F)c(F)cc23)[C@@H](C)C1. The van der Waals surface area contributed by atoms with E-state index in [-0.39, 0.29) is 70.7 Å². The first-order valence-electron chi connectivity index (χ1n) is 14.9. The van der Waals surface area contributed by atoms with Crippen LogP contribution in [0, 0.1) is 11.6 Å². The summed E-state index contributed by atoms with van der Waals surface area (Å²) in [6, 6.07) is 4.41. The van der Waals surface area contributed by atoms with Crippen molar-refractivity contribution in [2.45, 2.75) is 58.7 Å². The largest absolute Gasteiger partial charge is 0.451 e. The van der Waals surface area contributed by atoms with E-state index in [1.165, 1.54) is 18.2 Å². The number of aromatic nitrogens is 5. The minimum Gasteiger partial charge on any atom is -0.398 e. The third kappa shape index (κ3) is 6.01. The number of alkyl halides is 3. The Morgan fingerprint density at radius 1 is 1.02 bits per heavy atom. The highest BCUT2D eigenvalue weighted by atomic mass is 19.4. The second-order valence-corrected chi connectivity index (χ2v) is 12.0. The Morgan fingerprint density at radius 3 is 2.19 bits per heavy atom. The van der Waals surface area contributed by atoms with Crippen LogP contribution >= 0.6 is 0 Å². The normalized spacial score (nSPS) is 15.6. The molecule has 4 aromatic rings. The first-order chi connectivity index (χ1) is 22.0. The Morgan fingerprint density at radius 2 is 1.66 bits per heavy atom. The maximum atomic E-state index is 16.0. The summed E-state index contributed by atoms with van der Waals surface area (Å²) < 4.78 is 74.0. The molecule has 4 heterocycles. The summed E-state index contributed by atoms with van der Waals surface area (Å²) in [5, 5.41) is 0.0143. The van der Waals surface area contributed by atoms with Gasteiger partial charge in [-0.05, 0) is 43.0 Å². The van der Waals surface area contributed by atoms with Gasteiger partial charge in [-0.2, -0.15) is 18.2 Å². The highest BCUT2D eigenvalue weighted by Gasteiger charge is 2.38. The summed E-state index contributed by atoms with van der Waals surface area (Å²) in [6.07, 6.45) is -3.69. The Balaban J connectivity index is 1.90. The number of amides is 1. The Hall–Kier alpha value is -4.95. The second-order valence-electron chi connectivity index (χ2n) is 12.0. The van der Waals surface area contributed by atoms with Gasteiger partial charge in [0.05, 0.1) is 28.0 Å². The number of piperazine rings is 1. The van der Waals surface area contributed by atoms with Crippen LogP contribution in [0.2, 0.25) is 0 Å². The van der Waals surface area contributed by atoms with E-state index in [9.17, 15) is 22.8 Å². The van der Waals surface area contributed by atoms with Crippen molar-refractivity contribution in [2.75, 3.05) is 30.3 Å². The second kappa shape index (κ2) is 12.3. The van der Waals surface area contributed by atoms with E-state index < -0.39 is 52.9 Å². The number of pyridine rings is 1. The van der Waals surface area contributed by atoms with Crippen LogP contribution < -0.4 is 16.3 Å². The van der Waals surface area contributed by atoms with Crippen LogP contribution in [0.3, 0.4) is 0 Å². The van der Waals surface area contributed by atoms with Crippen LogP contribution in [0.1, 0.15) is 63.7 Å². The molecule has 0 saturated carbocycles. The fourth-order valence-corrected chi connectivity index (χ4v) is 5.74. The van der Waals surface area contributed by atoms with Crippen molar-refractivity contribution in [1.29, 1.82) is 0 Å². The maximum absolute atomic E-state index is 16.0. The topological polar surface area (TPSA) is 123 Å². The fourth-order valence-electron chi connectivity index (χ4n) is 5.74. The number of nitrogen functional groups attached to an aromatic ring is 1. The van der Waals surface area contributed by atoms with Gasteiger partial charge in [-0.3, -0.25) is 4.79 Å². The molecule has 0 aliphatic carbocycles. The first-order valence-corrected chi connectivity index (χ1v) is 14.9. The lowest BCUT2D eigenvalue weighted by Gasteiger charge is -2.40.